The smallest absolute Gasteiger partial charge is 0.265 e. The molecule has 0 saturated heterocycles. The molecule has 1 heterocycles. The molecule has 0 spiro atoms. The molecular formula is C18H20N2O3S2. The minimum Gasteiger partial charge on any atom is -0.497 e. The highest BCUT2D eigenvalue weighted by Gasteiger charge is 2.30. The normalized spacial score (nSPS) is 14.5. The van der Waals surface area contributed by atoms with Gasteiger partial charge in [-0.05, 0) is 42.3 Å². The van der Waals surface area contributed by atoms with Crippen LogP contribution < -0.4 is 4.74 Å². The Morgan fingerprint density at radius 3 is 2.56 bits per heavy atom. The second-order valence-corrected chi connectivity index (χ2v) is 8.44. The van der Waals surface area contributed by atoms with Crippen molar-refractivity contribution in [1.82, 2.24) is 4.31 Å². The van der Waals surface area contributed by atoms with Crippen molar-refractivity contribution in [2.75, 3.05) is 20.2 Å². The Morgan fingerprint density at radius 2 is 1.88 bits per heavy atom. The van der Waals surface area contributed by atoms with Crippen molar-refractivity contribution in [3.63, 3.8) is 0 Å². The summed E-state index contributed by atoms with van der Waals surface area (Å²) in [5.74, 6) is 1.32. The highest BCUT2D eigenvalue weighted by molar-refractivity contribution is 8.14. The van der Waals surface area contributed by atoms with Crippen molar-refractivity contribution in [3.05, 3.63) is 59.7 Å². The molecule has 1 aliphatic heterocycles. The molecule has 0 fully saturated rings. The highest BCUT2D eigenvalue weighted by Crippen LogP contribution is 2.27. The Morgan fingerprint density at radius 1 is 1.16 bits per heavy atom. The maximum Gasteiger partial charge on any atom is 0.265 e. The lowest BCUT2D eigenvalue weighted by Gasteiger charge is -2.20. The number of hydrogen-bond donors (Lipinski definition) is 0. The number of thioether (sulfide) groups is 1. The van der Waals surface area contributed by atoms with Crippen LogP contribution in [0.4, 0.5) is 0 Å². The van der Waals surface area contributed by atoms with Gasteiger partial charge in [0.25, 0.3) is 10.0 Å². The largest absolute Gasteiger partial charge is 0.497 e. The lowest BCUT2D eigenvalue weighted by atomic mass is 10.1. The van der Waals surface area contributed by atoms with Crippen LogP contribution in [-0.4, -0.2) is 38.1 Å². The number of nitrogens with zero attached hydrogens (tertiary/aromatic N) is 2. The number of rotatable bonds is 5. The van der Waals surface area contributed by atoms with E-state index in [0.717, 1.165) is 0 Å². The van der Waals surface area contributed by atoms with Gasteiger partial charge in [0, 0.05) is 5.75 Å². The molecule has 3 rings (SSSR count). The fourth-order valence-electron chi connectivity index (χ4n) is 2.54. The predicted molar refractivity (Wildman–Crippen MR) is 102 cm³/mol. The van der Waals surface area contributed by atoms with Crippen molar-refractivity contribution < 1.29 is 13.2 Å². The van der Waals surface area contributed by atoms with Crippen LogP contribution in [0, 0.1) is 6.92 Å². The van der Waals surface area contributed by atoms with Gasteiger partial charge < -0.3 is 4.74 Å². The summed E-state index contributed by atoms with van der Waals surface area (Å²) in [6.45, 7) is 2.92. The van der Waals surface area contributed by atoms with Gasteiger partial charge in [0.1, 0.15) is 5.75 Å². The fraction of sp³-hybridized carbons (Fsp3) is 0.278. The van der Waals surface area contributed by atoms with Crippen LogP contribution in [0.3, 0.4) is 0 Å². The summed E-state index contributed by atoms with van der Waals surface area (Å²) >= 11 is 1.46. The number of sulfonamides is 1. The number of benzene rings is 2. The highest BCUT2D eigenvalue weighted by atomic mass is 32.2. The van der Waals surface area contributed by atoms with Gasteiger partial charge in [-0.25, -0.2) is 12.7 Å². The quantitative estimate of drug-likeness (QED) is 0.803. The molecular weight excluding hydrogens is 356 g/mol. The van der Waals surface area contributed by atoms with E-state index < -0.39 is 10.0 Å². The van der Waals surface area contributed by atoms with E-state index >= 15 is 0 Å². The van der Waals surface area contributed by atoms with Crippen LogP contribution in [0.1, 0.15) is 11.1 Å². The Labute approximate surface area is 152 Å². The monoisotopic (exact) mass is 376 g/mol. The maximum atomic E-state index is 12.9. The van der Waals surface area contributed by atoms with Crippen molar-refractivity contribution in [2.24, 2.45) is 4.99 Å². The molecule has 7 heteroatoms. The summed E-state index contributed by atoms with van der Waals surface area (Å²) in [5.41, 5.74) is 2.38. The Bertz CT molecular complexity index is 877. The van der Waals surface area contributed by atoms with Gasteiger partial charge in [-0.2, -0.15) is 0 Å². The molecule has 2 aromatic rings. The third kappa shape index (κ3) is 3.82. The van der Waals surface area contributed by atoms with Gasteiger partial charge in [-0.3, -0.25) is 4.99 Å². The van der Waals surface area contributed by atoms with Crippen LogP contribution in [-0.2, 0) is 15.8 Å². The predicted octanol–water partition coefficient (Wildman–Crippen LogP) is 3.30. The van der Waals surface area contributed by atoms with E-state index in [1.165, 1.54) is 27.2 Å². The molecule has 0 unspecified atom stereocenters. The van der Waals surface area contributed by atoms with Gasteiger partial charge in [-0.1, -0.05) is 36.0 Å². The molecule has 0 aliphatic carbocycles. The van der Waals surface area contributed by atoms with Crippen molar-refractivity contribution in [2.45, 2.75) is 17.6 Å². The molecule has 0 aromatic heterocycles. The third-order valence-corrected chi connectivity index (χ3v) is 7.01. The molecule has 0 radical (unpaired) electrons. The van der Waals surface area contributed by atoms with E-state index in [9.17, 15) is 8.42 Å². The second kappa shape index (κ2) is 7.49. The van der Waals surface area contributed by atoms with Gasteiger partial charge in [-0.15, -0.1) is 0 Å². The number of aliphatic imine (C=N–C) groups is 1. The zero-order valence-electron chi connectivity index (χ0n) is 14.2. The summed E-state index contributed by atoms with van der Waals surface area (Å²) in [4.78, 5) is 4.64. The van der Waals surface area contributed by atoms with Gasteiger partial charge in [0.05, 0.1) is 25.1 Å². The molecule has 0 N–H and O–H groups in total. The summed E-state index contributed by atoms with van der Waals surface area (Å²) in [7, 11) is -2.05. The van der Waals surface area contributed by atoms with Gasteiger partial charge in [0.2, 0.25) is 0 Å². The minimum absolute atomic E-state index is 0.249. The standard InChI is InChI=1S/C18H20N2O3S2/c1-14-5-3-4-6-15(14)13-24-18-19-11-12-20(18)25(21,22)17-9-7-16(23-2)8-10-17/h3-10H,11-13H2,1-2H3. The number of methoxy groups -OCH3 is 1. The lowest BCUT2D eigenvalue weighted by Crippen LogP contribution is -2.32. The average molecular weight is 377 g/mol. The number of hydrogen-bond acceptors (Lipinski definition) is 5. The summed E-state index contributed by atoms with van der Waals surface area (Å²) < 4.78 is 32.3. The molecule has 0 amide bonds. The van der Waals surface area contributed by atoms with Gasteiger partial charge >= 0.3 is 0 Å². The Hall–Kier alpha value is -1.99. The number of aryl methyl sites for hydroxylation is 1. The minimum atomic E-state index is -3.60. The first kappa shape index (κ1) is 17.8. The SMILES string of the molecule is COc1ccc(S(=O)(=O)N2CCN=C2SCc2ccccc2C)cc1. The molecule has 0 saturated carbocycles. The molecule has 0 atom stereocenters. The van der Waals surface area contributed by atoms with Crippen molar-refractivity contribution >= 4 is 27.0 Å². The van der Waals surface area contributed by atoms with E-state index in [1.54, 1.807) is 31.4 Å². The van der Waals surface area contributed by atoms with Gasteiger partial charge in [0.15, 0.2) is 5.17 Å². The number of amidine groups is 1. The van der Waals surface area contributed by atoms with E-state index in [0.29, 0.717) is 29.8 Å². The number of ether oxygens (including phenoxy) is 1. The Balaban J connectivity index is 1.76. The van der Waals surface area contributed by atoms with Crippen LogP contribution in [0.2, 0.25) is 0 Å². The molecule has 0 bridgehead atoms. The van der Waals surface area contributed by atoms with E-state index in [4.69, 9.17) is 4.74 Å². The molecule has 132 valence electrons. The van der Waals surface area contributed by atoms with E-state index in [2.05, 4.69) is 24.0 Å². The summed E-state index contributed by atoms with van der Waals surface area (Å²) in [6.07, 6.45) is 0. The summed E-state index contributed by atoms with van der Waals surface area (Å²) in [5, 5.41) is 0.555. The van der Waals surface area contributed by atoms with Crippen LogP contribution in [0.5, 0.6) is 5.75 Å². The van der Waals surface area contributed by atoms with Crippen molar-refractivity contribution in [1.29, 1.82) is 0 Å². The van der Waals surface area contributed by atoms with Crippen LogP contribution >= 0.6 is 11.8 Å². The maximum absolute atomic E-state index is 12.9. The topological polar surface area (TPSA) is 59.0 Å². The lowest BCUT2D eigenvalue weighted by molar-refractivity contribution is 0.414. The molecule has 5 nitrogen and oxygen atoms in total. The zero-order chi connectivity index (χ0) is 17.9. The first-order valence-electron chi connectivity index (χ1n) is 7.91. The molecule has 25 heavy (non-hydrogen) atoms. The second-order valence-electron chi connectivity index (χ2n) is 5.63. The van der Waals surface area contributed by atoms with Crippen LogP contribution in [0.15, 0.2) is 58.4 Å². The zero-order valence-corrected chi connectivity index (χ0v) is 15.8. The third-order valence-electron chi connectivity index (χ3n) is 4.03. The fourth-order valence-corrected chi connectivity index (χ4v) is 5.34. The molecule has 2 aromatic carbocycles. The van der Waals surface area contributed by atoms with Crippen LogP contribution in [0.25, 0.3) is 0 Å². The summed E-state index contributed by atoms with van der Waals surface area (Å²) in [6, 6.07) is 14.5. The van der Waals surface area contributed by atoms with E-state index in [-0.39, 0.29) is 4.90 Å². The first-order valence-corrected chi connectivity index (χ1v) is 10.3. The average Bonchev–Trinajstić information content (AvgIpc) is 3.10. The van der Waals surface area contributed by atoms with Crippen molar-refractivity contribution in [3.8, 4) is 5.75 Å². The molecule has 1 aliphatic rings. The van der Waals surface area contributed by atoms with E-state index in [1.807, 2.05) is 12.1 Å². The Kier molecular flexibility index (Phi) is 5.34. The first-order chi connectivity index (χ1) is 12.0.